The van der Waals surface area contributed by atoms with Gasteiger partial charge in [-0.25, -0.2) is 0 Å². The van der Waals surface area contributed by atoms with Crippen LogP contribution < -0.4 is 0 Å². The molecule has 2 aliphatic heterocycles. The third kappa shape index (κ3) is 2.86. The van der Waals surface area contributed by atoms with E-state index >= 15 is 0 Å². The number of ketones is 1. The lowest BCUT2D eigenvalue weighted by Crippen LogP contribution is -2.77. The van der Waals surface area contributed by atoms with Crippen LogP contribution in [0.1, 0.15) is 106 Å². The third-order valence-electron chi connectivity index (χ3n) is 12.7. The van der Waals surface area contributed by atoms with Gasteiger partial charge in [0, 0.05) is 18.8 Å². The van der Waals surface area contributed by atoms with Crippen LogP contribution in [0.4, 0.5) is 0 Å². The summed E-state index contributed by atoms with van der Waals surface area (Å²) in [6, 6.07) is 0. The maximum Gasteiger partial charge on any atom is 0.315 e. The van der Waals surface area contributed by atoms with Gasteiger partial charge in [-0.2, -0.15) is 0 Å². The fraction of sp³-hybridized carbons (Fsp3) is 0.900. The van der Waals surface area contributed by atoms with Gasteiger partial charge in [0.25, 0.3) is 0 Å². The highest BCUT2D eigenvalue weighted by atomic mass is 16.7. The number of rotatable bonds is 1. The molecular formula is C30H44O6. The van der Waals surface area contributed by atoms with Crippen molar-refractivity contribution in [3.05, 3.63) is 0 Å². The lowest BCUT2D eigenvalue weighted by Gasteiger charge is -2.70. The van der Waals surface area contributed by atoms with Crippen molar-refractivity contribution >= 4 is 17.7 Å². The summed E-state index contributed by atoms with van der Waals surface area (Å²) in [5.41, 5.74) is -2.05. The number of hydrogen-bond acceptors (Lipinski definition) is 5. The van der Waals surface area contributed by atoms with Crippen molar-refractivity contribution in [2.75, 3.05) is 0 Å². The number of aliphatic carboxylic acids is 1. The van der Waals surface area contributed by atoms with E-state index < -0.39 is 35.1 Å². The minimum absolute atomic E-state index is 0.0237. The average Bonchev–Trinajstić information content (AvgIpc) is 2.74. The van der Waals surface area contributed by atoms with Crippen molar-refractivity contribution in [2.45, 2.75) is 117 Å². The van der Waals surface area contributed by atoms with Crippen molar-refractivity contribution in [3.63, 3.8) is 0 Å². The number of carbonyl (C=O) groups excluding carboxylic acids is 2. The van der Waals surface area contributed by atoms with Crippen LogP contribution in [0.5, 0.6) is 0 Å². The zero-order valence-corrected chi connectivity index (χ0v) is 22.9. The molecule has 9 atom stereocenters. The molecule has 0 unspecified atom stereocenters. The molecule has 0 aromatic carbocycles. The number of hydrogen-bond donors (Lipinski definition) is 1. The zero-order valence-electron chi connectivity index (χ0n) is 22.9. The number of carbonyl (C=O) groups is 3. The Hall–Kier alpha value is -1.43. The van der Waals surface area contributed by atoms with Gasteiger partial charge < -0.3 is 14.6 Å². The first-order chi connectivity index (χ1) is 16.6. The van der Waals surface area contributed by atoms with Crippen molar-refractivity contribution in [1.82, 2.24) is 0 Å². The monoisotopic (exact) mass is 500 g/mol. The van der Waals surface area contributed by atoms with Gasteiger partial charge in [0.05, 0.1) is 11.8 Å². The molecule has 2 heterocycles. The minimum Gasteiger partial charge on any atom is -0.481 e. The highest BCUT2D eigenvalue weighted by Gasteiger charge is 2.77. The van der Waals surface area contributed by atoms with E-state index in [0.29, 0.717) is 25.7 Å². The summed E-state index contributed by atoms with van der Waals surface area (Å²) in [6.45, 7) is 13.2. The third-order valence-corrected chi connectivity index (χ3v) is 12.7. The molecule has 0 radical (unpaired) electrons. The van der Waals surface area contributed by atoms with Gasteiger partial charge in [0.2, 0.25) is 5.79 Å². The fourth-order valence-electron chi connectivity index (χ4n) is 11.2. The van der Waals surface area contributed by atoms with Crippen molar-refractivity contribution in [3.8, 4) is 0 Å². The molecule has 4 aliphatic carbocycles. The Bertz CT molecular complexity index is 1030. The predicted octanol–water partition coefficient (Wildman–Crippen LogP) is 5.76. The van der Waals surface area contributed by atoms with Gasteiger partial charge >= 0.3 is 11.9 Å². The Labute approximate surface area is 215 Å². The first kappa shape index (κ1) is 24.9. The maximum absolute atomic E-state index is 14.2. The van der Waals surface area contributed by atoms with Gasteiger partial charge in [-0.1, -0.05) is 54.4 Å². The van der Waals surface area contributed by atoms with E-state index in [1.165, 1.54) is 0 Å². The van der Waals surface area contributed by atoms with Crippen LogP contribution in [0.25, 0.3) is 0 Å². The summed E-state index contributed by atoms with van der Waals surface area (Å²) in [5, 5.41) is 10.6. The molecule has 6 heteroatoms. The predicted molar refractivity (Wildman–Crippen MR) is 133 cm³/mol. The number of esters is 1. The first-order valence-corrected chi connectivity index (χ1v) is 14.3. The molecule has 6 fully saturated rings. The second-order valence-corrected chi connectivity index (χ2v) is 15.3. The van der Waals surface area contributed by atoms with Crippen LogP contribution in [0.2, 0.25) is 0 Å². The maximum atomic E-state index is 14.2. The fourth-order valence-corrected chi connectivity index (χ4v) is 11.2. The van der Waals surface area contributed by atoms with Gasteiger partial charge in [-0.05, 0) is 72.0 Å². The van der Waals surface area contributed by atoms with E-state index in [2.05, 4.69) is 41.5 Å². The Morgan fingerprint density at radius 3 is 2.11 bits per heavy atom. The normalized spacial score (nSPS) is 52.7. The number of Topliss-reactive ketones (excluding diaryl/α,β-unsaturated/α-hetero) is 1. The molecule has 0 amide bonds. The Kier molecular flexibility index (Phi) is 4.94. The Morgan fingerprint density at radius 1 is 0.861 bits per heavy atom. The van der Waals surface area contributed by atoms with Crippen molar-refractivity contribution < 1.29 is 29.0 Å². The van der Waals surface area contributed by atoms with E-state index in [0.717, 1.165) is 38.5 Å². The lowest BCUT2D eigenvalue weighted by molar-refractivity contribution is -0.397. The number of ether oxygens (including phenoxy) is 2. The van der Waals surface area contributed by atoms with Gasteiger partial charge in [0.15, 0.2) is 5.78 Å². The summed E-state index contributed by atoms with van der Waals surface area (Å²) < 4.78 is 13.4. The molecule has 0 aromatic heterocycles. The van der Waals surface area contributed by atoms with Gasteiger partial charge in [-0.15, -0.1) is 0 Å². The zero-order chi connectivity index (χ0) is 26.1. The van der Waals surface area contributed by atoms with Gasteiger partial charge in [0.1, 0.15) is 5.60 Å². The summed E-state index contributed by atoms with van der Waals surface area (Å²) in [6.07, 6.45) is 7.75. The summed E-state index contributed by atoms with van der Waals surface area (Å²) in [7, 11) is 0. The highest BCUT2D eigenvalue weighted by Crippen LogP contribution is 2.71. The second-order valence-electron chi connectivity index (χ2n) is 15.3. The summed E-state index contributed by atoms with van der Waals surface area (Å²) >= 11 is 0. The molecule has 200 valence electrons. The van der Waals surface area contributed by atoms with E-state index in [9.17, 15) is 19.5 Å². The smallest absolute Gasteiger partial charge is 0.315 e. The van der Waals surface area contributed by atoms with E-state index in [1.54, 1.807) is 0 Å². The van der Waals surface area contributed by atoms with Gasteiger partial charge in [-0.3, -0.25) is 14.4 Å². The molecule has 1 N–H and O–H groups in total. The molecule has 0 aromatic rings. The van der Waals surface area contributed by atoms with Crippen LogP contribution in [-0.4, -0.2) is 34.2 Å². The standard InChI is InChI=1S/C30H44O6/c1-25(2)10-8-13-28(6)18(25)15-20(31)29-14-9-17-21(23(32)33)27(5)12-7-11-26(3,4)19(27)16-30(17,36-29)35-24(34)22(28)29/h17-19,21-22H,7-16H2,1-6H3,(H,32,33)/t17-,18+,19+,21+,22+,27-,28-,29+,30+/m0/s1. The highest BCUT2D eigenvalue weighted by molar-refractivity contribution is 5.96. The van der Waals surface area contributed by atoms with Crippen LogP contribution in [0.3, 0.4) is 0 Å². The largest absolute Gasteiger partial charge is 0.481 e. The van der Waals surface area contributed by atoms with Crippen LogP contribution in [0.15, 0.2) is 0 Å². The molecule has 36 heavy (non-hydrogen) atoms. The van der Waals surface area contributed by atoms with Crippen LogP contribution in [0, 0.1) is 51.2 Å². The number of fused-ring (bicyclic) bond motifs is 3. The minimum atomic E-state index is -1.32. The molecule has 6 nitrogen and oxygen atoms in total. The SMILES string of the molecule is CC1(C)CCC[C@@]2(C)[C@@H]1CC(=O)[C@]13CC[C@H]4[C@H](C(=O)O)[C@@]5(C)CCCC(C)(C)[C@H]5C[C@@]4(OC(=O)[C@H]21)O3. The summed E-state index contributed by atoms with van der Waals surface area (Å²) in [4.78, 5) is 41.2. The van der Waals surface area contributed by atoms with Crippen LogP contribution >= 0.6 is 0 Å². The summed E-state index contributed by atoms with van der Waals surface area (Å²) in [5.74, 6) is -3.97. The Balaban J connectivity index is 1.47. The molecule has 2 saturated heterocycles. The quantitative estimate of drug-likeness (QED) is 0.460. The molecule has 6 rings (SSSR count). The molecule has 2 spiro atoms. The van der Waals surface area contributed by atoms with E-state index in [-0.39, 0.29) is 45.2 Å². The molecule has 4 saturated carbocycles. The van der Waals surface area contributed by atoms with Crippen molar-refractivity contribution in [2.24, 2.45) is 51.2 Å². The first-order valence-electron chi connectivity index (χ1n) is 14.3. The van der Waals surface area contributed by atoms with Crippen molar-refractivity contribution in [1.29, 1.82) is 0 Å². The average molecular weight is 501 g/mol. The number of carboxylic acids is 1. The topological polar surface area (TPSA) is 89.9 Å². The Morgan fingerprint density at radius 2 is 1.47 bits per heavy atom. The number of carboxylic acid groups (broad SMARTS) is 1. The molecular weight excluding hydrogens is 456 g/mol. The van der Waals surface area contributed by atoms with E-state index in [4.69, 9.17) is 9.47 Å². The van der Waals surface area contributed by atoms with Crippen LogP contribution in [-0.2, 0) is 23.9 Å². The molecule has 6 aliphatic rings. The molecule has 2 bridgehead atoms. The lowest BCUT2D eigenvalue weighted by atomic mass is 9.41. The van der Waals surface area contributed by atoms with E-state index in [1.807, 2.05) is 0 Å². The second kappa shape index (κ2) is 7.15.